The number of carbonyl (C=O) groups excluding carboxylic acids is 1. The Hall–Kier alpha value is -1.52. The van der Waals surface area contributed by atoms with Gasteiger partial charge in [-0.1, -0.05) is 45.7 Å². The van der Waals surface area contributed by atoms with Crippen LogP contribution in [0.1, 0.15) is 28.9 Å². The number of hydrogen-bond acceptors (Lipinski definition) is 2. The van der Waals surface area contributed by atoms with Gasteiger partial charge in [0, 0.05) is 10.0 Å². The van der Waals surface area contributed by atoms with E-state index in [2.05, 4.69) is 21.2 Å². The minimum atomic E-state index is -0.184. The molecule has 0 fully saturated rings. The third-order valence-electron chi connectivity index (χ3n) is 2.98. The molecular weight excluding hydrogens is 340 g/mol. The number of nitrogens with one attached hydrogen (secondary N) is 1. The maximum absolute atomic E-state index is 12.2. The molecule has 3 N–H and O–H groups in total. The monoisotopic (exact) mass is 352 g/mol. The van der Waals surface area contributed by atoms with E-state index in [1.807, 2.05) is 31.2 Å². The number of carbonyl (C=O) groups is 1. The Labute approximate surface area is 131 Å². The van der Waals surface area contributed by atoms with Gasteiger partial charge in [-0.05, 0) is 36.8 Å². The topological polar surface area (TPSA) is 55.1 Å². The van der Waals surface area contributed by atoms with Gasteiger partial charge >= 0.3 is 0 Å². The van der Waals surface area contributed by atoms with E-state index in [1.165, 1.54) is 0 Å². The van der Waals surface area contributed by atoms with Gasteiger partial charge in [0.1, 0.15) is 0 Å². The molecule has 0 aliphatic rings. The summed E-state index contributed by atoms with van der Waals surface area (Å²) in [7, 11) is 0. The van der Waals surface area contributed by atoms with Crippen molar-refractivity contribution in [3.05, 3.63) is 63.1 Å². The van der Waals surface area contributed by atoms with Crippen molar-refractivity contribution >= 4 is 39.1 Å². The third-order valence-corrected chi connectivity index (χ3v) is 4.04. The van der Waals surface area contributed by atoms with Crippen molar-refractivity contribution in [3.8, 4) is 0 Å². The third kappa shape index (κ3) is 3.32. The lowest BCUT2D eigenvalue weighted by molar-refractivity contribution is 0.0940. The van der Waals surface area contributed by atoms with Gasteiger partial charge in [0.05, 0.1) is 16.8 Å². The van der Waals surface area contributed by atoms with Crippen LogP contribution in [0.5, 0.6) is 0 Å². The quantitative estimate of drug-likeness (QED) is 0.813. The predicted molar refractivity (Wildman–Crippen MR) is 85.9 cm³/mol. The van der Waals surface area contributed by atoms with Crippen molar-refractivity contribution in [1.29, 1.82) is 0 Å². The van der Waals surface area contributed by atoms with Crippen molar-refractivity contribution in [2.75, 3.05) is 5.73 Å². The molecule has 104 valence electrons. The second kappa shape index (κ2) is 6.29. The standard InChI is InChI=1S/C15H14BrClN2O/c1-9(11-4-2-3-5-12(11)16)19-15(20)10-6-7-13(17)14(18)8-10/h2-9H,18H2,1H3,(H,19,20)/t9-/m0/s1. The van der Waals surface area contributed by atoms with Crippen molar-refractivity contribution < 1.29 is 4.79 Å². The Morgan fingerprint density at radius 3 is 2.65 bits per heavy atom. The normalized spacial score (nSPS) is 11.9. The van der Waals surface area contributed by atoms with Gasteiger partial charge in [-0.25, -0.2) is 0 Å². The zero-order valence-electron chi connectivity index (χ0n) is 10.9. The van der Waals surface area contributed by atoms with Crippen LogP contribution in [0.15, 0.2) is 46.9 Å². The molecular formula is C15H14BrClN2O. The average molecular weight is 354 g/mol. The summed E-state index contributed by atoms with van der Waals surface area (Å²) < 4.78 is 0.962. The fraction of sp³-hybridized carbons (Fsp3) is 0.133. The number of nitrogen functional groups attached to an aromatic ring is 1. The van der Waals surface area contributed by atoms with Gasteiger partial charge in [-0.3, -0.25) is 4.79 Å². The molecule has 0 bridgehead atoms. The van der Waals surface area contributed by atoms with Crippen LogP contribution in [0.4, 0.5) is 5.69 Å². The molecule has 0 aromatic heterocycles. The first kappa shape index (κ1) is 14.9. The highest BCUT2D eigenvalue weighted by Crippen LogP contribution is 2.24. The lowest BCUT2D eigenvalue weighted by atomic mass is 10.1. The Balaban J connectivity index is 2.15. The van der Waals surface area contributed by atoms with Crippen LogP contribution in [-0.2, 0) is 0 Å². The minimum absolute atomic E-state index is 0.116. The van der Waals surface area contributed by atoms with Gasteiger partial charge in [0.15, 0.2) is 0 Å². The Kier molecular flexibility index (Phi) is 4.68. The minimum Gasteiger partial charge on any atom is -0.398 e. The van der Waals surface area contributed by atoms with E-state index in [-0.39, 0.29) is 11.9 Å². The van der Waals surface area contributed by atoms with E-state index in [0.717, 1.165) is 10.0 Å². The van der Waals surface area contributed by atoms with Crippen LogP contribution < -0.4 is 11.1 Å². The zero-order chi connectivity index (χ0) is 14.7. The lowest BCUT2D eigenvalue weighted by Gasteiger charge is -2.16. The molecule has 0 spiro atoms. The second-order valence-corrected chi connectivity index (χ2v) is 5.71. The molecule has 0 radical (unpaired) electrons. The highest BCUT2D eigenvalue weighted by atomic mass is 79.9. The molecule has 0 unspecified atom stereocenters. The summed E-state index contributed by atoms with van der Waals surface area (Å²) in [6, 6.07) is 12.5. The summed E-state index contributed by atoms with van der Waals surface area (Å²) in [6.07, 6.45) is 0. The van der Waals surface area contributed by atoms with Crippen LogP contribution >= 0.6 is 27.5 Å². The Bertz CT molecular complexity index is 646. The predicted octanol–water partition coefficient (Wildman–Crippen LogP) is 4.18. The second-order valence-electron chi connectivity index (χ2n) is 4.45. The number of anilines is 1. The maximum Gasteiger partial charge on any atom is 0.251 e. The molecule has 2 aromatic rings. The maximum atomic E-state index is 12.2. The molecule has 20 heavy (non-hydrogen) atoms. The number of nitrogens with two attached hydrogens (primary N) is 1. The molecule has 5 heteroatoms. The Morgan fingerprint density at radius 2 is 2.00 bits per heavy atom. The molecule has 3 nitrogen and oxygen atoms in total. The first-order chi connectivity index (χ1) is 9.49. The lowest BCUT2D eigenvalue weighted by Crippen LogP contribution is -2.26. The van der Waals surface area contributed by atoms with Crippen molar-refractivity contribution in [2.24, 2.45) is 0 Å². The zero-order valence-corrected chi connectivity index (χ0v) is 13.2. The van der Waals surface area contributed by atoms with E-state index >= 15 is 0 Å². The first-order valence-electron chi connectivity index (χ1n) is 6.09. The largest absolute Gasteiger partial charge is 0.398 e. The molecule has 1 amide bonds. The van der Waals surface area contributed by atoms with E-state index in [4.69, 9.17) is 17.3 Å². The van der Waals surface area contributed by atoms with E-state index in [9.17, 15) is 4.79 Å². The number of hydrogen-bond donors (Lipinski definition) is 2. The summed E-state index contributed by atoms with van der Waals surface area (Å²) >= 11 is 9.32. The van der Waals surface area contributed by atoms with Gasteiger partial charge in [0.2, 0.25) is 0 Å². The van der Waals surface area contributed by atoms with Crippen LogP contribution in [0.2, 0.25) is 5.02 Å². The van der Waals surface area contributed by atoms with Gasteiger partial charge < -0.3 is 11.1 Å². The van der Waals surface area contributed by atoms with E-state index in [0.29, 0.717) is 16.3 Å². The summed E-state index contributed by atoms with van der Waals surface area (Å²) in [6.45, 7) is 1.93. The van der Waals surface area contributed by atoms with Crippen LogP contribution in [0.3, 0.4) is 0 Å². The molecule has 0 aliphatic heterocycles. The summed E-state index contributed by atoms with van der Waals surface area (Å²) in [5, 5.41) is 3.38. The Morgan fingerprint density at radius 1 is 1.30 bits per heavy atom. The average Bonchev–Trinajstić information content (AvgIpc) is 2.42. The van der Waals surface area contributed by atoms with Crippen molar-refractivity contribution in [2.45, 2.75) is 13.0 Å². The summed E-state index contributed by atoms with van der Waals surface area (Å²) in [5.41, 5.74) is 7.61. The number of halogens is 2. The molecule has 0 heterocycles. The molecule has 0 aliphatic carbocycles. The molecule has 0 saturated carbocycles. The first-order valence-corrected chi connectivity index (χ1v) is 7.26. The summed E-state index contributed by atoms with van der Waals surface area (Å²) in [4.78, 5) is 12.2. The highest BCUT2D eigenvalue weighted by molar-refractivity contribution is 9.10. The smallest absolute Gasteiger partial charge is 0.251 e. The van der Waals surface area contributed by atoms with Crippen molar-refractivity contribution in [3.63, 3.8) is 0 Å². The van der Waals surface area contributed by atoms with E-state index < -0.39 is 0 Å². The molecule has 2 rings (SSSR count). The fourth-order valence-electron chi connectivity index (χ4n) is 1.87. The summed E-state index contributed by atoms with van der Waals surface area (Å²) in [5.74, 6) is -0.184. The highest BCUT2D eigenvalue weighted by Gasteiger charge is 2.14. The SMILES string of the molecule is C[C@H](NC(=O)c1ccc(Cl)c(N)c1)c1ccccc1Br. The van der Waals surface area contributed by atoms with Gasteiger partial charge in [-0.15, -0.1) is 0 Å². The van der Waals surface area contributed by atoms with Crippen LogP contribution in [0.25, 0.3) is 0 Å². The van der Waals surface area contributed by atoms with Crippen LogP contribution in [-0.4, -0.2) is 5.91 Å². The van der Waals surface area contributed by atoms with Gasteiger partial charge in [0.25, 0.3) is 5.91 Å². The van der Waals surface area contributed by atoms with Crippen molar-refractivity contribution in [1.82, 2.24) is 5.32 Å². The molecule has 1 atom stereocenters. The van der Waals surface area contributed by atoms with Crippen LogP contribution in [0, 0.1) is 0 Å². The number of amides is 1. The van der Waals surface area contributed by atoms with E-state index in [1.54, 1.807) is 18.2 Å². The number of benzene rings is 2. The van der Waals surface area contributed by atoms with Gasteiger partial charge in [-0.2, -0.15) is 0 Å². The number of rotatable bonds is 3. The molecule has 0 saturated heterocycles. The molecule has 2 aromatic carbocycles. The fourth-order valence-corrected chi connectivity index (χ4v) is 2.61.